The fraction of sp³-hybridized carbons (Fsp3) is 0.280. The van der Waals surface area contributed by atoms with Crippen molar-refractivity contribution in [2.45, 2.75) is 37.3 Å². The highest BCUT2D eigenvalue weighted by molar-refractivity contribution is 7.07. The smallest absolute Gasteiger partial charge is 0.216 e. The van der Waals surface area contributed by atoms with Crippen molar-refractivity contribution in [1.82, 2.24) is 25.5 Å². The van der Waals surface area contributed by atoms with Gasteiger partial charge in [-0.05, 0) is 37.0 Å². The molecule has 0 unspecified atom stereocenters. The lowest BCUT2D eigenvalue weighted by Crippen LogP contribution is -2.45. The zero-order valence-electron chi connectivity index (χ0n) is 18.3. The normalized spacial score (nSPS) is 15.2. The van der Waals surface area contributed by atoms with Gasteiger partial charge in [-0.3, -0.25) is 15.2 Å². The average Bonchev–Trinajstić information content (AvgIpc) is 3.25. The van der Waals surface area contributed by atoms with Crippen LogP contribution in [0.5, 0.6) is 5.88 Å². The molecule has 0 saturated heterocycles. The Hall–Kier alpha value is -3.36. The number of methoxy groups -OCH3 is 1. The number of Topliss-reactive ketones (excluding diaryl/α,β-unsaturated/α-hetero) is 1. The van der Waals surface area contributed by atoms with Crippen LogP contribution < -0.4 is 10.1 Å². The van der Waals surface area contributed by atoms with E-state index in [9.17, 15) is 4.79 Å². The van der Waals surface area contributed by atoms with E-state index in [0.717, 1.165) is 40.9 Å². The third-order valence-corrected chi connectivity index (χ3v) is 6.68. The number of aromatic nitrogens is 4. The number of pyridine rings is 1. The predicted octanol–water partition coefficient (Wildman–Crippen LogP) is 3.94. The predicted molar refractivity (Wildman–Crippen MR) is 127 cm³/mol. The number of carbonyl (C=O) groups excluding carboxylic acids is 1. The van der Waals surface area contributed by atoms with Crippen molar-refractivity contribution in [1.29, 1.82) is 0 Å². The van der Waals surface area contributed by atoms with Crippen molar-refractivity contribution in [3.05, 3.63) is 82.6 Å². The fourth-order valence-corrected chi connectivity index (χ4v) is 4.81. The second-order valence-electron chi connectivity index (χ2n) is 8.35. The molecule has 7 nitrogen and oxygen atoms in total. The van der Waals surface area contributed by atoms with E-state index in [1.165, 1.54) is 0 Å². The third kappa shape index (κ3) is 4.72. The molecule has 1 saturated carbocycles. The van der Waals surface area contributed by atoms with Crippen LogP contribution in [-0.2, 0) is 23.2 Å². The lowest BCUT2D eigenvalue weighted by atomic mass is 9.96. The van der Waals surface area contributed by atoms with Crippen molar-refractivity contribution in [3.8, 4) is 17.1 Å². The summed E-state index contributed by atoms with van der Waals surface area (Å²) in [6.45, 7) is 0. The molecule has 33 heavy (non-hydrogen) atoms. The van der Waals surface area contributed by atoms with E-state index in [-0.39, 0.29) is 23.8 Å². The van der Waals surface area contributed by atoms with E-state index < -0.39 is 0 Å². The van der Waals surface area contributed by atoms with Gasteiger partial charge in [-0.15, -0.1) is 11.3 Å². The van der Waals surface area contributed by atoms with Gasteiger partial charge in [0.15, 0.2) is 5.78 Å². The maximum absolute atomic E-state index is 13.7. The van der Waals surface area contributed by atoms with Gasteiger partial charge in [0, 0.05) is 35.3 Å². The van der Waals surface area contributed by atoms with Crippen LogP contribution in [0, 0.1) is 0 Å². The number of nitrogens with zero attached hydrogens (tertiary/aromatic N) is 3. The molecule has 3 aromatic heterocycles. The summed E-state index contributed by atoms with van der Waals surface area (Å²) in [5.41, 5.74) is 6.25. The first kappa shape index (κ1) is 21.5. The Bertz CT molecular complexity index is 1210. The number of ether oxygens (including phenoxy) is 1. The summed E-state index contributed by atoms with van der Waals surface area (Å²) in [5.74, 6) is 0.563. The molecular weight excluding hydrogens is 434 g/mol. The number of hydrogen-bond donors (Lipinski definition) is 2. The van der Waals surface area contributed by atoms with Crippen LogP contribution in [0.15, 0.2) is 65.7 Å². The molecule has 0 radical (unpaired) electrons. The summed E-state index contributed by atoms with van der Waals surface area (Å²) in [4.78, 5) is 22.6. The van der Waals surface area contributed by atoms with Crippen molar-refractivity contribution >= 4 is 17.1 Å². The molecule has 1 atom stereocenters. The van der Waals surface area contributed by atoms with Crippen LogP contribution in [-0.4, -0.2) is 39.1 Å². The summed E-state index contributed by atoms with van der Waals surface area (Å²) < 4.78 is 5.47. The summed E-state index contributed by atoms with van der Waals surface area (Å²) in [7, 11) is 1.58. The molecule has 1 aliphatic carbocycles. The first-order chi connectivity index (χ1) is 16.2. The topological polar surface area (TPSA) is 92.8 Å². The summed E-state index contributed by atoms with van der Waals surface area (Å²) >= 11 is 1.58. The third-order valence-electron chi connectivity index (χ3n) is 6.09. The maximum Gasteiger partial charge on any atom is 0.216 e. The van der Waals surface area contributed by atoms with Crippen LogP contribution in [0.3, 0.4) is 0 Å². The molecule has 168 valence electrons. The number of benzene rings is 1. The minimum absolute atomic E-state index is 0.0993. The monoisotopic (exact) mass is 459 g/mol. The summed E-state index contributed by atoms with van der Waals surface area (Å²) in [6, 6.07) is 13.6. The first-order valence-corrected chi connectivity index (χ1v) is 11.9. The van der Waals surface area contributed by atoms with Crippen molar-refractivity contribution in [2.75, 3.05) is 7.11 Å². The fourth-order valence-electron chi connectivity index (χ4n) is 4.16. The summed E-state index contributed by atoms with van der Waals surface area (Å²) in [6.07, 6.45) is 6.21. The molecule has 3 heterocycles. The van der Waals surface area contributed by atoms with Crippen molar-refractivity contribution < 1.29 is 9.53 Å². The van der Waals surface area contributed by atoms with Gasteiger partial charge in [0.25, 0.3) is 0 Å². The molecule has 0 bridgehead atoms. The van der Waals surface area contributed by atoms with E-state index in [4.69, 9.17) is 4.74 Å². The molecule has 4 aromatic rings. The summed E-state index contributed by atoms with van der Waals surface area (Å²) in [5, 5.41) is 12.7. The van der Waals surface area contributed by atoms with E-state index in [1.54, 1.807) is 30.8 Å². The minimum atomic E-state index is -0.350. The Morgan fingerprint density at radius 2 is 2.09 bits per heavy atom. The van der Waals surface area contributed by atoms with E-state index >= 15 is 0 Å². The number of thiazole rings is 1. The lowest BCUT2D eigenvalue weighted by Gasteiger charge is -2.24. The number of rotatable bonds is 10. The number of ketones is 1. The van der Waals surface area contributed by atoms with Gasteiger partial charge in [-0.2, -0.15) is 5.10 Å². The van der Waals surface area contributed by atoms with Gasteiger partial charge in [0.2, 0.25) is 5.88 Å². The van der Waals surface area contributed by atoms with E-state index in [1.807, 2.05) is 35.8 Å². The largest absolute Gasteiger partial charge is 0.481 e. The molecular formula is C25H25N5O2S. The zero-order chi connectivity index (χ0) is 22.7. The molecule has 8 heteroatoms. The van der Waals surface area contributed by atoms with Crippen LogP contribution in [0.4, 0.5) is 0 Å². The van der Waals surface area contributed by atoms with Crippen LogP contribution in [0.1, 0.15) is 29.7 Å². The Labute approximate surface area is 196 Å². The molecule has 1 aliphatic rings. The molecule has 5 rings (SSSR count). The number of hydrogen-bond acceptors (Lipinski definition) is 7. The zero-order valence-corrected chi connectivity index (χ0v) is 19.1. The highest BCUT2D eigenvalue weighted by Gasteiger charge is 2.48. The second kappa shape index (κ2) is 9.25. The van der Waals surface area contributed by atoms with Gasteiger partial charge >= 0.3 is 0 Å². The van der Waals surface area contributed by atoms with Gasteiger partial charge < -0.3 is 4.74 Å². The van der Waals surface area contributed by atoms with E-state index in [2.05, 4.69) is 43.0 Å². The Kier molecular flexibility index (Phi) is 6.02. The number of nitrogens with one attached hydrogen (secondary N) is 2. The maximum atomic E-state index is 13.7. The number of carbonyl (C=O) groups is 1. The van der Waals surface area contributed by atoms with Crippen LogP contribution in [0.2, 0.25) is 0 Å². The van der Waals surface area contributed by atoms with Gasteiger partial charge in [-0.25, -0.2) is 9.97 Å². The first-order valence-electron chi connectivity index (χ1n) is 10.9. The highest BCUT2D eigenvalue weighted by atomic mass is 32.1. The van der Waals surface area contributed by atoms with Crippen molar-refractivity contribution in [2.24, 2.45) is 0 Å². The number of aromatic amines is 1. The molecule has 0 spiro atoms. The van der Waals surface area contributed by atoms with Crippen LogP contribution in [0.25, 0.3) is 11.3 Å². The molecule has 0 aliphatic heterocycles. The van der Waals surface area contributed by atoms with Gasteiger partial charge in [-0.1, -0.05) is 30.3 Å². The quantitative estimate of drug-likeness (QED) is 0.373. The minimum Gasteiger partial charge on any atom is -0.481 e. The molecule has 1 aromatic carbocycles. The average molecular weight is 460 g/mol. The Morgan fingerprint density at radius 3 is 2.76 bits per heavy atom. The standard InChI is InChI=1S/C25H25N5O2S/c1-32-24-18(12-19(14-26-24)20-7-10-28-30-20)13-22(31)21(11-17-5-3-2-4-6-17)29-25(8-9-25)23-15-33-16-27-23/h2-7,10,12,14-16,21,29H,8-9,11,13H2,1H3,(H,28,30)/t21-/m0/s1. The SMILES string of the molecule is COc1ncc(-c2ccn[nH]2)cc1CC(=O)[C@H](Cc1ccccc1)NC1(c2cscn2)CC1. The Balaban J connectivity index is 1.42. The van der Waals surface area contributed by atoms with E-state index in [0.29, 0.717) is 12.3 Å². The van der Waals surface area contributed by atoms with Gasteiger partial charge in [0.05, 0.1) is 35.6 Å². The second-order valence-corrected chi connectivity index (χ2v) is 9.07. The molecule has 0 amide bonds. The Morgan fingerprint density at radius 1 is 1.24 bits per heavy atom. The number of H-pyrrole nitrogens is 1. The lowest BCUT2D eigenvalue weighted by molar-refractivity contribution is -0.120. The highest BCUT2D eigenvalue weighted by Crippen LogP contribution is 2.45. The molecule has 1 fully saturated rings. The van der Waals surface area contributed by atoms with Gasteiger partial charge in [0.1, 0.15) is 0 Å². The molecule has 2 N–H and O–H groups in total. The van der Waals surface area contributed by atoms with Crippen molar-refractivity contribution in [3.63, 3.8) is 0 Å². The van der Waals surface area contributed by atoms with Crippen LogP contribution >= 0.6 is 11.3 Å².